The zero-order chi connectivity index (χ0) is 12.7. The van der Waals surface area contributed by atoms with Crippen molar-refractivity contribution in [2.45, 2.75) is 25.8 Å². The van der Waals surface area contributed by atoms with Crippen molar-refractivity contribution < 1.29 is 0 Å². The molecule has 0 aromatic heterocycles. The first-order valence-electron chi connectivity index (χ1n) is 6.30. The van der Waals surface area contributed by atoms with Crippen LogP contribution in [0.4, 0.5) is 0 Å². The normalized spacial score (nSPS) is 17.8. The highest BCUT2D eigenvalue weighted by molar-refractivity contribution is 6.31. The number of halogens is 1. The molecule has 0 aliphatic heterocycles. The maximum atomic E-state index is 6.22. The molecule has 1 aliphatic rings. The Bertz CT molecular complexity index is 604. The molecular formula is C16H16ClN. The fourth-order valence-corrected chi connectivity index (χ4v) is 2.90. The molecular weight excluding hydrogens is 242 g/mol. The summed E-state index contributed by atoms with van der Waals surface area (Å²) in [7, 11) is 0. The third kappa shape index (κ3) is 1.84. The summed E-state index contributed by atoms with van der Waals surface area (Å²) < 4.78 is 0. The lowest BCUT2D eigenvalue weighted by Gasteiger charge is -2.11. The van der Waals surface area contributed by atoms with Crippen LogP contribution in [-0.2, 0) is 6.42 Å². The van der Waals surface area contributed by atoms with Crippen LogP contribution >= 0.6 is 11.6 Å². The van der Waals surface area contributed by atoms with Gasteiger partial charge in [0.15, 0.2) is 0 Å². The molecule has 0 amide bonds. The number of hydrogen-bond acceptors (Lipinski definition) is 1. The van der Waals surface area contributed by atoms with Gasteiger partial charge in [-0.2, -0.15) is 0 Å². The lowest BCUT2D eigenvalue weighted by molar-refractivity contribution is 0.713. The summed E-state index contributed by atoms with van der Waals surface area (Å²) in [5, 5.41) is 0.826. The van der Waals surface area contributed by atoms with Gasteiger partial charge in [-0.25, -0.2) is 0 Å². The summed E-state index contributed by atoms with van der Waals surface area (Å²) in [5.41, 5.74) is 12.4. The zero-order valence-corrected chi connectivity index (χ0v) is 11.2. The second-order valence-corrected chi connectivity index (χ2v) is 5.39. The van der Waals surface area contributed by atoms with Crippen LogP contribution < -0.4 is 5.73 Å². The third-order valence-electron chi connectivity index (χ3n) is 3.80. The topological polar surface area (TPSA) is 26.0 Å². The Hall–Kier alpha value is -1.31. The second kappa shape index (κ2) is 4.42. The van der Waals surface area contributed by atoms with E-state index >= 15 is 0 Å². The fraction of sp³-hybridized carbons (Fsp3) is 0.250. The Kier molecular flexibility index (Phi) is 2.89. The minimum atomic E-state index is 0.195. The number of aryl methyl sites for hydroxylation is 1. The lowest BCUT2D eigenvalue weighted by atomic mass is 9.96. The van der Waals surface area contributed by atoms with E-state index in [0.29, 0.717) is 0 Å². The molecule has 2 aromatic rings. The average molecular weight is 258 g/mol. The molecule has 92 valence electrons. The van der Waals surface area contributed by atoms with Crippen LogP contribution in [0.2, 0.25) is 5.02 Å². The van der Waals surface area contributed by atoms with Gasteiger partial charge in [-0.3, -0.25) is 0 Å². The van der Waals surface area contributed by atoms with Gasteiger partial charge in [-0.15, -0.1) is 0 Å². The molecule has 0 fully saturated rings. The molecule has 2 N–H and O–H groups in total. The Morgan fingerprint density at radius 2 is 2.06 bits per heavy atom. The van der Waals surface area contributed by atoms with Crippen molar-refractivity contribution in [1.29, 1.82) is 0 Å². The van der Waals surface area contributed by atoms with Crippen molar-refractivity contribution in [2.24, 2.45) is 5.73 Å². The fourth-order valence-electron chi connectivity index (χ4n) is 2.72. The van der Waals surface area contributed by atoms with Crippen LogP contribution in [-0.4, -0.2) is 0 Å². The minimum Gasteiger partial charge on any atom is -0.324 e. The number of nitrogens with two attached hydrogens (primary N) is 1. The molecule has 0 radical (unpaired) electrons. The molecule has 0 spiro atoms. The molecule has 0 saturated carbocycles. The average Bonchev–Trinajstić information content (AvgIpc) is 2.75. The molecule has 1 nitrogen and oxygen atoms in total. The van der Waals surface area contributed by atoms with Gasteiger partial charge in [-0.1, -0.05) is 41.9 Å². The molecule has 2 heteroatoms. The van der Waals surface area contributed by atoms with Crippen molar-refractivity contribution >= 4 is 11.6 Å². The molecule has 1 atom stereocenters. The summed E-state index contributed by atoms with van der Waals surface area (Å²) >= 11 is 6.22. The molecule has 0 bridgehead atoms. The predicted molar refractivity (Wildman–Crippen MR) is 76.9 cm³/mol. The van der Waals surface area contributed by atoms with Crippen molar-refractivity contribution in [3.8, 4) is 11.1 Å². The van der Waals surface area contributed by atoms with E-state index in [1.165, 1.54) is 22.3 Å². The van der Waals surface area contributed by atoms with Crippen molar-refractivity contribution in [3.63, 3.8) is 0 Å². The molecule has 1 unspecified atom stereocenters. The largest absolute Gasteiger partial charge is 0.324 e. The summed E-state index contributed by atoms with van der Waals surface area (Å²) in [4.78, 5) is 0. The highest BCUT2D eigenvalue weighted by Crippen LogP contribution is 2.37. The van der Waals surface area contributed by atoms with Gasteiger partial charge < -0.3 is 5.73 Å². The van der Waals surface area contributed by atoms with E-state index in [-0.39, 0.29) is 6.04 Å². The third-order valence-corrected chi connectivity index (χ3v) is 4.21. The van der Waals surface area contributed by atoms with Crippen LogP contribution in [0.3, 0.4) is 0 Å². The highest BCUT2D eigenvalue weighted by Gasteiger charge is 2.21. The maximum Gasteiger partial charge on any atom is 0.0441 e. The van der Waals surface area contributed by atoms with E-state index in [1.807, 2.05) is 6.92 Å². The first-order chi connectivity index (χ1) is 8.66. The minimum absolute atomic E-state index is 0.195. The summed E-state index contributed by atoms with van der Waals surface area (Å²) in [6.45, 7) is 2.03. The number of benzene rings is 2. The number of fused-ring (bicyclic) bond motifs is 1. The van der Waals surface area contributed by atoms with Crippen LogP contribution in [0.25, 0.3) is 11.1 Å². The second-order valence-electron chi connectivity index (χ2n) is 4.98. The lowest BCUT2D eigenvalue weighted by Crippen LogP contribution is -2.04. The van der Waals surface area contributed by atoms with Crippen LogP contribution in [0, 0.1) is 6.92 Å². The van der Waals surface area contributed by atoms with Gasteiger partial charge in [0.2, 0.25) is 0 Å². The number of rotatable bonds is 1. The molecule has 1 aliphatic carbocycles. The van der Waals surface area contributed by atoms with Gasteiger partial charge >= 0.3 is 0 Å². The van der Waals surface area contributed by atoms with Crippen LogP contribution in [0.1, 0.15) is 29.2 Å². The SMILES string of the molecule is Cc1ccc(-c2cccc3c2CCC3N)cc1Cl. The van der Waals surface area contributed by atoms with Crippen LogP contribution in [0.15, 0.2) is 36.4 Å². The zero-order valence-electron chi connectivity index (χ0n) is 10.4. The van der Waals surface area contributed by atoms with Gasteiger partial charge in [0.25, 0.3) is 0 Å². The quantitative estimate of drug-likeness (QED) is 0.812. The monoisotopic (exact) mass is 257 g/mol. The Morgan fingerprint density at radius 1 is 1.22 bits per heavy atom. The number of hydrogen-bond donors (Lipinski definition) is 1. The van der Waals surface area contributed by atoms with Gasteiger partial charge in [0.05, 0.1) is 0 Å². The first kappa shape index (κ1) is 11.8. The Morgan fingerprint density at radius 3 is 2.83 bits per heavy atom. The van der Waals surface area contributed by atoms with E-state index in [9.17, 15) is 0 Å². The van der Waals surface area contributed by atoms with Gasteiger partial charge in [0.1, 0.15) is 0 Å². The van der Waals surface area contributed by atoms with E-state index in [0.717, 1.165) is 23.4 Å². The van der Waals surface area contributed by atoms with E-state index in [2.05, 4.69) is 36.4 Å². The van der Waals surface area contributed by atoms with E-state index in [4.69, 9.17) is 17.3 Å². The standard InChI is InChI=1S/C16H16ClN/c1-10-5-6-11(9-15(10)17)12-3-2-4-14-13(12)7-8-16(14)18/h2-6,9,16H,7-8,18H2,1H3. The van der Waals surface area contributed by atoms with Gasteiger partial charge in [-0.05, 0) is 53.6 Å². The maximum absolute atomic E-state index is 6.22. The highest BCUT2D eigenvalue weighted by atomic mass is 35.5. The van der Waals surface area contributed by atoms with E-state index < -0.39 is 0 Å². The Balaban J connectivity index is 2.15. The molecule has 0 saturated heterocycles. The van der Waals surface area contributed by atoms with Crippen molar-refractivity contribution in [3.05, 3.63) is 58.1 Å². The summed E-state index contributed by atoms with van der Waals surface area (Å²) in [6.07, 6.45) is 2.12. The molecule has 18 heavy (non-hydrogen) atoms. The summed E-state index contributed by atoms with van der Waals surface area (Å²) in [6, 6.07) is 12.9. The molecule has 3 rings (SSSR count). The summed E-state index contributed by atoms with van der Waals surface area (Å²) in [5.74, 6) is 0. The molecule has 2 aromatic carbocycles. The first-order valence-corrected chi connectivity index (χ1v) is 6.68. The van der Waals surface area contributed by atoms with Crippen LogP contribution in [0.5, 0.6) is 0 Å². The smallest absolute Gasteiger partial charge is 0.0441 e. The van der Waals surface area contributed by atoms with E-state index in [1.54, 1.807) is 0 Å². The molecule has 0 heterocycles. The predicted octanol–water partition coefficient (Wildman–Crippen LogP) is 4.26. The van der Waals surface area contributed by atoms with Crippen molar-refractivity contribution in [2.75, 3.05) is 0 Å². The Labute approximate surface area is 113 Å². The van der Waals surface area contributed by atoms with Gasteiger partial charge in [0, 0.05) is 11.1 Å². The van der Waals surface area contributed by atoms with Crippen molar-refractivity contribution in [1.82, 2.24) is 0 Å².